The van der Waals surface area contributed by atoms with Crippen molar-refractivity contribution in [1.82, 2.24) is 8.75 Å². The minimum Gasteiger partial charge on any atom is -0.395 e. The summed E-state index contributed by atoms with van der Waals surface area (Å²) in [5, 5.41) is 12.3. The molecule has 6 heteroatoms. The van der Waals surface area contributed by atoms with Crippen LogP contribution >= 0.6 is 23.3 Å². The van der Waals surface area contributed by atoms with Crippen molar-refractivity contribution in [3.05, 3.63) is 17.2 Å². The maximum absolute atomic E-state index is 8.70. The van der Waals surface area contributed by atoms with Gasteiger partial charge in [0.05, 0.1) is 29.0 Å². The molecule has 0 aliphatic carbocycles. The van der Waals surface area contributed by atoms with Crippen LogP contribution in [-0.4, -0.2) is 27.0 Å². The number of halogens is 1. The summed E-state index contributed by atoms with van der Waals surface area (Å²) < 4.78 is 8.23. The maximum atomic E-state index is 8.70. The highest BCUT2D eigenvalue weighted by atomic mass is 35.5. The van der Waals surface area contributed by atoms with Crippen molar-refractivity contribution in [2.24, 2.45) is 0 Å². The van der Waals surface area contributed by atoms with Gasteiger partial charge in [-0.2, -0.15) is 8.75 Å². The van der Waals surface area contributed by atoms with Crippen LogP contribution in [0.15, 0.2) is 12.1 Å². The van der Waals surface area contributed by atoms with Crippen molar-refractivity contribution >= 4 is 40.0 Å². The molecule has 2 aromatic rings. The molecule has 0 aliphatic heterocycles. The summed E-state index contributed by atoms with van der Waals surface area (Å²) in [4.78, 5) is 0. The molecule has 74 valence electrons. The molecule has 14 heavy (non-hydrogen) atoms. The Morgan fingerprint density at radius 2 is 2.29 bits per heavy atom. The summed E-state index contributed by atoms with van der Waals surface area (Å²) in [5.74, 6) is 0. The van der Waals surface area contributed by atoms with Crippen LogP contribution in [0.25, 0.3) is 11.0 Å². The Kier molecular flexibility index (Phi) is 2.81. The van der Waals surface area contributed by atoms with Gasteiger partial charge >= 0.3 is 0 Å². The lowest BCUT2D eigenvalue weighted by atomic mass is 10.2. The molecule has 0 fully saturated rings. The van der Waals surface area contributed by atoms with Crippen molar-refractivity contribution in [2.45, 2.75) is 0 Å². The van der Waals surface area contributed by atoms with Crippen molar-refractivity contribution in [2.75, 3.05) is 18.5 Å². The van der Waals surface area contributed by atoms with E-state index in [4.69, 9.17) is 16.7 Å². The molecule has 0 saturated carbocycles. The van der Waals surface area contributed by atoms with Crippen LogP contribution in [-0.2, 0) is 0 Å². The third-order valence-electron chi connectivity index (χ3n) is 1.79. The topological polar surface area (TPSA) is 58.0 Å². The van der Waals surface area contributed by atoms with Gasteiger partial charge in [-0.1, -0.05) is 11.6 Å². The molecular weight excluding hydrogens is 222 g/mol. The fraction of sp³-hybridized carbons (Fsp3) is 0.250. The molecule has 0 bridgehead atoms. The maximum Gasteiger partial charge on any atom is 0.129 e. The number of aliphatic hydroxyl groups excluding tert-OH is 1. The number of nitrogens with zero attached hydrogens (tertiary/aromatic N) is 2. The fourth-order valence-electron chi connectivity index (χ4n) is 1.18. The van der Waals surface area contributed by atoms with Crippen LogP contribution in [0, 0.1) is 0 Å². The number of nitrogens with one attached hydrogen (secondary N) is 1. The predicted octanol–water partition coefficient (Wildman–Crippen LogP) is 1.75. The van der Waals surface area contributed by atoms with Crippen LogP contribution < -0.4 is 5.32 Å². The molecule has 0 spiro atoms. The molecule has 0 unspecified atom stereocenters. The number of aliphatic hydroxyl groups is 1. The molecule has 0 amide bonds. The van der Waals surface area contributed by atoms with Crippen LogP contribution in [0.3, 0.4) is 0 Å². The SMILES string of the molecule is OCCNc1c(Cl)ccc2nsnc12. The van der Waals surface area contributed by atoms with E-state index in [1.807, 2.05) is 6.07 Å². The molecule has 1 aromatic carbocycles. The Bertz CT molecular complexity index is 445. The first-order chi connectivity index (χ1) is 6.83. The van der Waals surface area contributed by atoms with E-state index in [2.05, 4.69) is 14.1 Å². The van der Waals surface area contributed by atoms with Crippen molar-refractivity contribution in [3.8, 4) is 0 Å². The second kappa shape index (κ2) is 4.08. The molecule has 2 rings (SSSR count). The molecular formula is C8H8ClN3OS. The second-order valence-electron chi connectivity index (χ2n) is 2.70. The van der Waals surface area contributed by atoms with E-state index in [1.54, 1.807) is 6.07 Å². The highest BCUT2D eigenvalue weighted by molar-refractivity contribution is 7.00. The zero-order valence-corrected chi connectivity index (χ0v) is 8.77. The Labute approximate surface area is 89.9 Å². The first-order valence-corrected chi connectivity index (χ1v) is 5.19. The molecule has 1 aromatic heterocycles. The molecule has 4 nitrogen and oxygen atoms in total. The number of hydrogen-bond donors (Lipinski definition) is 2. The van der Waals surface area contributed by atoms with E-state index in [0.717, 1.165) is 28.4 Å². The van der Waals surface area contributed by atoms with Crippen molar-refractivity contribution in [1.29, 1.82) is 0 Å². The minimum absolute atomic E-state index is 0.0598. The highest BCUT2D eigenvalue weighted by Gasteiger charge is 2.08. The third kappa shape index (κ3) is 1.66. The minimum atomic E-state index is 0.0598. The lowest BCUT2D eigenvalue weighted by Crippen LogP contribution is -2.06. The van der Waals surface area contributed by atoms with Gasteiger partial charge in [-0.3, -0.25) is 0 Å². The Hall–Kier alpha value is -0.910. The normalized spacial score (nSPS) is 10.7. The van der Waals surface area contributed by atoms with E-state index in [0.29, 0.717) is 11.6 Å². The van der Waals surface area contributed by atoms with Crippen LogP contribution in [0.5, 0.6) is 0 Å². The lowest BCUT2D eigenvalue weighted by molar-refractivity contribution is 0.311. The zero-order chi connectivity index (χ0) is 9.97. The number of hydrogen-bond acceptors (Lipinski definition) is 5. The molecule has 1 heterocycles. The van der Waals surface area contributed by atoms with Gasteiger partial charge in [0.25, 0.3) is 0 Å². The molecule has 0 aliphatic rings. The number of rotatable bonds is 3. The summed E-state index contributed by atoms with van der Waals surface area (Å²) in [6, 6.07) is 3.59. The van der Waals surface area contributed by atoms with Gasteiger partial charge in [0.1, 0.15) is 11.0 Å². The van der Waals surface area contributed by atoms with E-state index in [1.165, 1.54) is 0 Å². The van der Waals surface area contributed by atoms with Crippen LogP contribution in [0.2, 0.25) is 5.02 Å². The first kappa shape index (κ1) is 9.64. The largest absolute Gasteiger partial charge is 0.395 e. The molecule has 2 N–H and O–H groups in total. The second-order valence-corrected chi connectivity index (χ2v) is 3.64. The van der Waals surface area contributed by atoms with E-state index >= 15 is 0 Å². The van der Waals surface area contributed by atoms with Gasteiger partial charge in [-0.05, 0) is 12.1 Å². The molecule has 0 radical (unpaired) electrons. The van der Waals surface area contributed by atoms with E-state index in [9.17, 15) is 0 Å². The van der Waals surface area contributed by atoms with Crippen LogP contribution in [0.1, 0.15) is 0 Å². The van der Waals surface area contributed by atoms with Gasteiger partial charge in [0, 0.05) is 6.54 Å². The molecule has 0 saturated heterocycles. The van der Waals surface area contributed by atoms with Crippen LogP contribution in [0.4, 0.5) is 5.69 Å². The average Bonchev–Trinajstić information content (AvgIpc) is 2.64. The quantitative estimate of drug-likeness (QED) is 0.842. The van der Waals surface area contributed by atoms with Gasteiger partial charge in [0.15, 0.2) is 0 Å². The molecule has 0 atom stereocenters. The summed E-state index contributed by atoms with van der Waals surface area (Å²) in [6.45, 7) is 0.515. The first-order valence-electron chi connectivity index (χ1n) is 4.08. The van der Waals surface area contributed by atoms with E-state index in [-0.39, 0.29) is 6.61 Å². The van der Waals surface area contributed by atoms with Gasteiger partial charge in [-0.25, -0.2) is 0 Å². The summed E-state index contributed by atoms with van der Waals surface area (Å²) in [7, 11) is 0. The Morgan fingerprint density at radius 1 is 1.43 bits per heavy atom. The zero-order valence-electron chi connectivity index (χ0n) is 7.20. The number of aromatic nitrogens is 2. The predicted molar refractivity (Wildman–Crippen MR) is 58.0 cm³/mol. The van der Waals surface area contributed by atoms with Gasteiger partial charge in [0.2, 0.25) is 0 Å². The number of anilines is 1. The monoisotopic (exact) mass is 229 g/mol. The van der Waals surface area contributed by atoms with Crippen molar-refractivity contribution in [3.63, 3.8) is 0 Å². The van der Waals surface area contributed by atoms with Crippen molar-refractivity contribution < 1.29 is 5.11 Å². The number of fused-ring (bicyclic) bond motifs is 1. The van der Waals surface area contributed by atoms with E-state index < -0.39 is 0 Å². The third-order valence-corrected chi connectivity index (χ3v) is 2.65. The average molecular weight is 230 g/mol. The number of benzene rings is 1. The summed E-state index contributed by atoms with van der Waals surface area (Å²) in [5.41, 5.74) is 2.32. The Morgan fingerprint density at radius 3 is 3.07 bits per heavy atom. The summed E-state index contributed by atoms with van der Waals surface area (Å²) in [6.07, 6.45) is 0. The van der Waals surface area contributed by atoms with Gasteiger partial charge < -0.3 is 10.4 Å². The Balaban J connectivity index is 2.47. The fourth-order valence-corrected chi connectivity index (χ4v) is 1.94. The lowest BCUT2D eigenvalue weighted by Gasteiger charge is -2.06. The smallest absolute Gasteiger partial charge is 0.129 e. The van der Waals surface area contributed by atoms with Gasteiger partial charge in [-0.15, -0.1) is 0 Å². The highest BCUT2D eigenvalue weighted by Crippen LogP contribution is 2.29. The standard InChI is InChI=1S/C8H8ClN3OS/c9-5-1-2-6-8(12-14-11-6)7(5)10-3-4-13/h1-2,10,13H,3-4H2. The summed E-state index contributed by atoms with van der Waals surface area (Å²) >= 11 is 7.14.